The van der Waals surface area contributed by atoms with Crippen molar-refractivity contribution in [3.8, 4) is 0 Å². The van der Waals surface area contributed by atoms with E-state index in [2.05, 4.69) is 27.7 Å². The molecule has 2 aliphatic rings. The van der Waals surface area contributed by atoms with Gasteiger partial charge >= 0.3 is 0 Å². The first kappa shape index (κ1) is 14.4. The monoisotopic (exact) mass is 287 g/mol. The van der Waals surface area contributed by atoms with Crippen LogP contribution < -0.4 is 10.6 Å². The molecule has 0 aliphatic carbocycles. The Balaban J connectivity index is 1.58. The molecule has 1 amide bonds. The predicted molar refractivity (Wildman–Crippen MR) is 86.5 cm³/mol. The van der Waals surface area contributed by atoms with Gasteiger partial charge in [-0.15, -0.1) is 0 Å². The first-order valence-electron chi connectivity index (χ1n) is 8.05. The Labute approximate surface area is 126 Å². The fraction of sp³-hybridized carbons (Fsp3) is 0.588. The zero-order valence-corrected chi connectivity index (χ0v) is 12.9. The predicted octanol–water partition coefficient (Wildman–Crippen LogP) is 2.93. The van der Waals surface area contributed by atoms with Gasteiger partial charge in [-0.05, 0) is 50.1 Å². The topological polar surface area (TPSA) is 44.4 Å². The van der Waals surface area contributed by atoms with Crippen molar-refractivity contribution in [3.63, 3.8) is 0 Å². The van der Waals surface area contributed by atoms with E-state index in [0.29, 0.717) is 12.1 Å². The van der Waals surface area contributed by atoms with E-state index >= 15 is 0 Å². The normalized spacial score (nSPS) is 25.1. The highest BCUT2D eigenvalue weighted by Gasteiger charge is 2.36. The number of benzene rings is 1. The van der Waals surface area contributed by atoms with Crippen LogP contribution in [0.4, 0.5) is 11.4 Å². The standard InChI is InChI=1S/C17H25N3O/c1-12(2)17(21)19-14-7-5-13(6-8-14)18-15-9-11-20-10-3-4-16(15)20/h5-8,12,15-16,18H,3-4,9-11H2,1-2H3,(H,19,21). The number of hydrogen-bond acceptors (Lipinski definition) is 3. The van der Waals surface area contributed by atoms with Gasteiger partial charge in [-0.3, -0.25) is 9.69 Å². The molecule has 1 aromatic rings. The Bertz CT molecular complexity index is 497. The highest BCUT2D eigenvalue weighted by atomic mass is 16.1. The molecule has 2 atom stereocenters. The lowest BCUT2D eigenvalue weighted by Crippen LogP contribution is -2.33. The molecule has 2 saturated heterocycles. The quantitative estimate of drug-likeness (QED) is 0.895. The summed E-state index contributed by atoms with van der Waals surface area (Å²) < 4.78 is 0. The second kappa shape index (κ2) is 6.06. The van der Waals surface area contributed by atoms with Crippen LogP contribution in [0.1, 0.15) is 33.1 Å². The van der Waals surface area contributed by atoms with E-state index in [1.165, 1.54) is 32.4 Å². The van der Waals surface area contributed by atoms with Crippen molar-refractivity contribution in [2.75, 3.05) is 23.7 Å². The Hall–Kier alpha value is -1.55. The van der Waals surface area contributed by atoms with E-state index in [9.17, 15) is 4.79 Å². The molecule has 2 unspecified atom stereocenters. The van der Waals surface area contributed by atoms with Crippen molar-refractivity contribution in [2.45, 2.75) is 45.2 Å². The molecule has 2 fully saturated rings. The third-order valence-corrected chi connectivity index (χ3v) is 4.63. The molecule has 2 heterocycles. The molecule has 4 nitrogen and oxygen atoms in total. The summed E-state index contributed by atoms with van der Waals surface area (Å²) in [4.78, 5) is 14.3. The van der Waals surface area contributed by atoms with Crippen LogP contribution in [0, 0.1) is 5.92 Å². The van der Waals surface area contributed by atoms with E-state index < -0.39 is 0 Å². The average Bonchev–Trinajstić information content (AvgIpc) is 3.06. The minimum Gasteiger partial charge on any atom is -0.381 e. The molecule has 0 spiro atoms. The first-order valence-corrected chi connectivity index (χ1v) is 8.05. The number of hydrogen-bond donors (Lipinski definition) is 2. The first-order chi connectivity index (χ1) is 10.1. The largest absolute Gasteiger partial charge is 0.381 e. The van der Waals surface area contributed by atoms with Crippen LogP contribution in [0.25, 0.3) is 0 Å². The average molecular weight is 287 g/mol. The molecule has 0 aromatic heterocycles. The summed E-state index contributed by atoms with van der Waals surface area (Å²) in [6.45, 7) is 6.30. The van der Waals surface area contributed by atoms with Crippen LogP contribution in [0.3, 0.4) is 0 Å². The molecule has 114 valence electrons. The second-order valence-electron chi connectivity index (χ2n) is 6.51. The van der Waals surface area contributed by atoms with E-state index in [1.807, 2.05) is 26.0 Å². The van der Waals surface area contributed by atoms with Gasteiger partial charge < -0.3 is 10.6 Å². The molecular formula is C17H25N3O. The summed E-state index contributed by atoms with van der Waals surface area (Å²) in [5.74, 6) is 0.0720. The van der Waals surface area contributed by atoms with Gasteiger partial charge in [0.1, 0.15) is 0 Å². The summed E-state index contributed by atoms with van der Waals surface area (Å²) in [6.07, 6.45) is 3.89. The third-order valence-electron chi connectivity index (χ3n) is 4.63. The van der Waals surface area contributed by atoms with Crippen LogP contribution in [0.15, 0.2) is 24.3 Å². The number of fused-ring (bicyclic) bond motifs is 1. The Morgan fingerprint density at radius 2 is 1.86 bits per heavy atom. The van der Waals surface area contributed by atoms with Gasteiger partial charge in [0.25, 0.3) is 0 Å². The van der Waals surface area contributed by atoms with Crippen LogP contribution in [0.5, 0.6) is 0 Å². The molecule has 1 aromatic carbocycles. The number of amides is 1. The third kappa shape index (κ3) is 3.21. The van der Waals surface area contributed by atoms with Crippen LogP contribution in [0.2, 0.25) is 0 Å². The lowest BCUT2D eigenvalue weighted by molar-refractivity contribution is -0.118. The minimum absolute atomic E-state index is 0.00893. The van der Waals surface area contributed by atoms with E-state index in [0.717, 1.165) is 11.4 Å². The highest BCUT2D eigenvalue weighted by molar-refractivity contribution is 5.92. The van der Waals surface area contributed by atoms with Gasteiger partial charge in [0, 0.05) is 35.9 Å². The summed E-state index contributed by atoms with van der Waals surface area (Å²) >= 11 is 0. The number of nitrogens with zero attached hydrogens (tertiary/aromatic N) is 1. The Morgan fingerprint density at radius 1 is 1.14 bits per heavy atom. The van der Waals surface area contributed by atoms with Crippen molar-refractivity contribution >= 4 is 17.3 Å². The lowest BCUT2D eigenvalue weighted by atomic mass is 10.1. The number of carbonyl (C=O) groups excluding carboxylic acids is 1. The molecule has 3 rings (SSSR count). The Morgan fingerprint density at radius 3 is 2.57 bits per heavy atom. The maximum atomic E-state index is 11.7. The minimum atomic E-state index is 0.00893. The van der Waals surface area contributed by atoms with Crippen LogP contribution >= 0.6 is 0 Å². The molecule has 0 radical (unpaired) electrons. The lowest BCUT2D eigenvalue weighted by Gasteiger charge is -2.22. The zero-order valence-electron chi connectivity index (χ0n) is 12.9. The molecule has 4 heteroatoms. The molecule has 21 heavy (non-hydrogen) atoms. The maximum Gasteiger partial charge on any atom is 0.226 e. The molecule has 2 N–H and O–H groups in total. The van der Waals surface area contributed by atoms with Gasteiger partial charge in [0.2, 0.25) is 5.91 Å². The van der Waals surface area contributed by atoms with Gasteiger partial charge in [0.15, 0.2) is 0 Å². The number of rotatable bonds is 4. The molecular weight excluding hydrogens is 262 g/mol. The van der Waals surface area contributed by atoms with Crippen LogP contribution in [-0.2, 0) is 4.79 Å². The van der Waals surface area contributed by atoms with Crippen LogP contribution in [-0.4, -0.2) is 36.0 Å². The number of carbonyl (C=O) groups is 1. The van der Waals surface area contributed by atoms with Gasteiger partial charge in [-0.2, -0.15) is 0 Å². The van der Waals surface area contributed by atoms with Gasteiger partial charge in [0.05, 0.1) is 0 Å². The SMILES string of the molecule is CC(C)C(=O)Nc1ccc(NC2CCN3CCCC23)cc1. The maximum absolute atomic E-state index is 11.7. The Kier molecular flexibility index (Phi) is 4.15. The smallest absolute Gasteiger partial charge is 0.226 e. The van der Waals surface area contributed by atoms with Crippen molar-refractivity contribution in [1.82, 2.24) is 4.90 Å². The molecule has 0 saturated carbocycles. The van der Waals surface area contributed by atoms with Gasteiger partial charge in [-0.25, -0.2) is 0 Å². The highest BCUT2D eigenvalue weighted by Crippen LogP contribution is 2.30. The van der Waals surface area contributed by atoms with Crippen molar-refractivity contribution < 1.29 is 4.79 Å². The number of anilines is 2. The van der Waals surface area contributed by atoms with Crippen molar-refractivity contribution in [3.05, 3.63) is 24.3 Å². The van der Waals surface area contributed by atoms with E-state index in [1.54, 1.807) is 0 Å². The summed E-state index contributed by atoms with van der Waals surface area (Å²) in [7, 11) is 0. The van der Waals surface area contributed by atoms with Crippen molar-refractivity contribution in [1.29, 1.82) is 0 Å². The van der Waals surface area contributed by atoms with Gasteiger partial charge in [-0.1, -0.05) is 13.8 Å². The fourth-order valence-corrected chi connectivity index (χ4v) is 3.40. The summed E-state index contributed by atoms with van der Waals surface area (Å²) in [5, 5.41) is 6.59. The number of nitrogens with one attached hydrogen (secondary N) is 2. The summed E-state index contributed by atoms with van der Waals surface area (Å²) in [6, 6.07) is 9.36. The van der Waals surface area contributed by atoms with Crippen molar-refractivity contribution in [2.24, 2.45) is 5.92 Å². The summed E-state index contributed by atoms with van der Waals surface area (Å²) in [5.41, 5.74) is 2.02. The van der Waals surface area contributed by atoms with E-state index in [4.69, 9.17) is 0 Å². The molecule has 0 bridgehead atoms. The molecule has 2 aliphatic heterocycles. The zero-order chi connectivity index (χ0) is 14.8. The second-order valence-corrected chi connectivity index (χ2v) is 6.51. The van der Waals surface area contributed by atoms with E-state index in [-0.39, 0.29) is 11.8 Å². The fourth-order valence-electron chi connectivity index (χ4n) is 3.40.